The lowest BCUT2D eigenvalue weighted by Gasteiger charge is -2.49. The fraction of sp³-hybridized carbons (Fsp3) is 0.533. The summed E-state index contributed by atoms with van der Waals surface area (Å²) in [6.07, 6.45) is 0. The van der Waals surface area contributed by atoms with Gasteiger partial charge in [0.15, 0.2) is 0 Å². The van der Waals surface area contributed by atoms with Crippen molar-refractivity contribution in [2.24, 2.45) is 5.92 Å². The van der Waals surface area contributed by atoms with E-state index in [0.717, 1.165) is 0 Å². The highest BCUT2D eigenvalue weighted by molar-refractivity contribution is 5.96. The van der Waals surface area contributed by atoms with Crippen LogP contribution in [0.25, 0.3) is 0 Å². The van der Waals surface area contributed by atoms with E-state index in [1.165, 1.54) is 0 Å². The fourth-order valence-corrected chi connectivity index (χ4v) is 2.30. The predicted molar refractivity (Wildman–Crippen MR) is 77.7 cm³/mol. The standard InChI is InChI=1S/C15H22N2O3/c1-4-20-13-6-11(5-12(16)7-13)14(18)17-8-15(19,9-17)10(2)3/h5-7,10,19H,4,8-9,16H2,1-3H3. The van der Waals surface area contributed by atoms with E-state index in [2.05, 4.69) is 0 Å². The Kier molecular flexibility index (Phi) is 3.90. The number of carbonyl (C=O) groups is 1. The van der Waals surface area contributed by atoms with Crippen LogP contribution < -0.4 is 10.5 Å². The Morgan fingerprint density at radius 1 is 1.45 bits per heavy atom. The molecule has 2 rings (SSSR count). The number of nitrogens with zero attached hydrogens (tertiary/aromatic N) is 1. The molecule has 3 N–H and O–H groups in total. The quantitative estimate of drug-likeness (QED) is 0.819. The van der Waals surface area contributed by atoms with E-state index in [1.54, 1.807) is 23.1 Å². The van der Waals surface area contributed by atoms with Crippen molar-refractivity contribution < 1.29 is 14.6 Å². The van der Waals surface area contributed by atoms with Crippen molar-refractivity contribution in [2.75, 3.05) is 25.4 Å². The van der Waals surface area contributed by atoms with Crippen LogP contribution in [0.4, 0.5) is 5.69 Å². The molecule has 0 radical (unpaired) electrons. The lowest BCUT2D eigenvalue weighted by Crippen LogP contribution is -2.65. The maximum atomic E-state index is 12.3. The van der Waals surface area contributed by atoms with Crippen molar-refractivity contribution in [3.8, 4) is 5.75 Å². The number of likely N-dealkylation sites (tertiary alicyclic amines) is 1. The highest BCUT2D eigenvalue weighted by atomic mass is 16.5. The molecule has 0 saturated carbocycles. The van der Waals surface area contributed by atoms with Crippen LogP contribution in [0.15, 0.2) is 18.2 Å². The summed E-state index contributed by atoms with van der Waals surface area (Å²) < 4.78 is 5.39. The van der Waals surface area contributed by atoms with Crippen molar-refractivity contribution in [1.29, 1.82) is 0 Å². The number of anilines is 1. The zero-order chi connectivity index (χ0) is 14.9. The molecule has 1 aliphatic rings. The number of hydrogen-bond donors (Lipinski definition) is 2. The van der Waals surface area contributed by atoms with E-state index in [-0.39, 0.29) is 11.8 Å². The van der Waals surface area contributed by atoms with E-state index in [4.69, 9.17) is 10.5 Å². The van der Waals surface area contributed by atoms with Gasteiger partial charge < -0.3 is 20.5 Å². The molecule has 0 atom stereocenters. The SMILES string of the molecule is CCOc1cc(N)cc(C(=O)N2CC(O)(C(C)C)C2)c1. The Morgan fingerprint density at radius 2 is 2.10 bits per heavy atom. The first-order valence-corrected chi connectivity index (χ1v) is 6.90. The van der Waals surface area contributed by atoms with E-state index in [1.807, 2.05) is 20.8 Å². The summed E-state index contributed by atoms with van der Waals surface area (Å²) in [5, 5.41) is 10.2. The van der Waals surface area contributed by atoms with Crippen LogP contribution in [0.3, 0.4) is 0 Å². The van der Waals surface area contributed by atoms with Gasteiger partial charge in [0.25, 0.3) is 5.91 Å². The third kappa shape index (κ3) is 2.72. The van der Waals surface area contributed by atoms with Gasteiger partial charge >= 0.3 is 0 Å². The van der Waals surface area contributed by atoms with Crippen LogP contribution in [0.5, 0.6) is 5.75 Å². The largest absolute Gasteiger partial charge is 0.494 e. The van der Waals surface area contributed by atoms with E-state index in [9.17, 15) is 9.90 Å². The molecule has 0 spiro atoms. The Hall–Kier alpha value is -1.75. The zero-order valence-corrected chi connectivity index (χ0v) is 12.2. The third-order valence-corrected chi connectivity index (χ3v) is 3.78. The van der Waals surface area contributed by atoms with Gasteiger partial charge in [-0.1, -0.05) is 13.8 Å². The molecular weight excluding hydrogens is 256 g/mol. The highest BCUT2D eigenvalue weighted by Crippen LogP contribution is 2.30. The van der Waals surface area contributed by atoms with Gasteiger partial charge in [-0.15, -0.1) is 0 Å². The molecule has 1 aromatic rings. The van der Waals surface area contributed by atoms with Gasteiger partial charge in [-0.25, -0.2) is 0 Å². The molecular formula is C15H22N2O3. The van der Waals surface area contributed by atoms with E-state index in [0.29, 0.717) is 36.7 Å². The van der Waals surface area contributed by atoms with E-state index < -0.39 is 5.60 Å². The molecule has 1 heterocycles. The number of benzene rings is 1. The molecule has 1 amide bonds. The molecule has 0 bridgehead atoms. The number of nitrogens with two attached hydrogens (primary N) is 1. The second-order valence-electron chi connectivity index (χ2n) is 5.64. The summed E-state index contributed by atoms with van der Waals surface area (Å²) >= 11 is 0. The van der Waals surface area contributed by atoms with Crippen molar-refractivity contribution in [1.82, 2.24) is 4.90 Å². The van der Waals surface area contributed by atoms with Gasteiger partial charge in [0.2, 0.25) is 0 Å². The number of nitrogen functional groups attached to an aromatic ring is 1. The van der Waals surface area contributed by atoms with Gasteiger partial charge in [0.05, 0.1) is 19.7 Å². The Morgan fingerprint density at radius 3 is 2.65 bits per heavy atom. The molecule has 0 aromatic heterocycles. The van der Waals surface area contributed by atoms with Gasteiger partial charge in [-0.3, -0.25) is 4.79 Å². The summed E-state index contributed by atoms with van der Waals surface area (Å²) in [7, 11) is 0. The molecule has 110 valence electrons. The van der Waals surface area contributed by atoms with Crippen molar-refractivity contribution >= 4 is 11.6 Å². The summed E-state index contributed by atoms with van der Waals surface area (Å²) in [4.78, 5) is 14.0. The fourth-order valence-electron chi connectivity index (χ4n) is 2.30. The minimum Gasteiger partial charge on any atom is -0.494 e. The smallest absolute Gasteiger partial charge is 0.254 e. The number of amides is 1. The van der Waals surface area contributed by atoms with Crippen LogP contribution in [0.1, 0.15) is 31.1 Å². The Labute approximate surface area is 119 Å². The molecule has 0 unspecified atom stereocenters. The molecule has 5 nitrogen and oxygen atoms in total. The van der Waals surface area contributed by atoms with Crippen LogP contribution in [0, 0.1) is 5.92 Å². The lowest BCUT2D eigenvalue weighted by atomic mass is 9.82. The average Bonchev–Trinajstić information content (AvgIpc) is 2.33. The van der Waals surface area contributed by atoms with Crippen LogP contribution in [-0.2, 0) is 0 Å². The number of β-amino-alcohol motifs (C(OH)–C–C–N with tert-alkyl or cyclic N) is 1. The van der Waals surface area contributed by atoms with Crippen LogP contribution >= 0.6 is 0 Å². The maximum Gasteiger partial charge on any atom is 0.254 e. The number of carbonyl (C=O) groups excluding carboxylic acids is 1. The molecule has 1 aromatic carbocycles. The average molecular weight is 278 g/mol. The number of ether oxygens (including phenoxy) is 1. The van der Waals surface area contributed by atoms with Crippen molar-refractivity contribution in [3.63, 3.8) is 0 Å². The van der Waals surface area contributed by atoms with Gasteiger partial charge in [-0.2, -0.15) is 0 Å². The molecule has 0 aliphatic carbocycles. The molecule has 1 aliphatic heterocycles. The summed E-state index contributed by atoms with van der Waals surface area (Å²) in [6, 6.07) is 5.02. The van der Waals surface area contributed by atoms with Gasteiger partial charge in [0, 0.05) is 17.3 Å². The zero-order valence-electron chi connectivity index (χ0n) is 12.2. The first-order chi connectivity index (χ1) is 9.35. The molecule has 5 heteroatoms. The molecule has 1 saturated heterocycles. The summed E-state index contributed by atoms with van der Waals surface area (Å²) in [5.41, 5.74) is 6.02. The van der Waals surface area contributed by atoms with Crippen molar-refractivity contribution in [3.05, 3.63) is 23.8 Å². The Bertz CT molecular complexity index is 508. The second-order valence-corrected chi connectivity index (χ2v) is 5.64. The molecule has 20 heavy (non-hydrogen) atoms. The minimum atomic E-state index is -0.765. The lowest BCUT2D eigenvalue weighted by molar-refractivity contribution is -0.110. The second kappa shape index (κ2) is 5.32. The number of rotatable bonds is 4. The van der Waals surface area contributed by atoms with Crippen LogP contribution in [0.2, 0.25) is 0 Å². The van der Waals surface area contributed by atoms with Gasteiger partial charge in [-0.05, 0) is 25.0 Å². The van der Waals surface area contributed by atoms with Crippen molar-refractivity contribution in [2.45, 2.75) is 26.4 Å². The maximum absolute atomic E-state index is 12.3. The normalized spacial score (nSPS) is 16.9. The highest BCUT2D eigenvalue weighted by Gasteiger charge is 2.45. The topological polar surface area (TPSA) is 75.8 Å². The molecule has 1 fully saturated rings. The first kappa shape index (κ1) is 14.7. The number of aliphatic hydroxyl groups is 1. The monoisotopic (exact) mass is 278 g/mol. The third-order valence-electron chi connectivity index (χ3n) is 3.78. The van der Waals surface area contributed by atoms with Gasteiger partial charge in [0.1, 0.15) is 11.4 Å². The summed E-state index contributed by atoms with van der Waals surface area (Å²) in [5.74, 6) is 0.602. The Balaban J connectivity index is 2.11. The summed E-state index contributed by atoms with van der Waals surface area (Å²) in [6.45, 7) is 7.03. The first-order valence-electron chi connectivity index (χ1n) is 6.90. The number of hydrogen-bond acceptors (Lipinski definition) is 4. The van der Waals surface area contributed by atoms with E-state index >= 15 is 0 Å². The van der Waals surface area contributed by atoms with Crippen LogP contribution in [-0.4, -0.2) is 41.2 Å². The predicted octanol–water partition coefficient (Wildman–Crippen LogP) is 1.51. The minimum absolute atomic E-state index is 0.122.